The molecule has 0 amide bonds. The summed E-state index contributed by atoms with van der Waals surface area (Å²) in [5.74, 6) is -65.0. The van der Waals surface area contributed by atoms with E-state index in [1.807, 2.05) is 0 Å². The topological polar surface area (TPSA) is 27.7 Å². The monoisotopic (exact) mass is 852 g/mol. The normalized spacial score (nSPS) is 16.3. The third kappa shape index (κ3) is 8.99. The van der Waals surface area contributed by atoms with Gasteiger partial charge in [0.15, 0.2) is 0 Å². The van der Waals surface area contributed by atoms with Gasteiger partial charge in [-0.1, -0.05) is 11.1 Å². The van der Waals surface area contributed by atoms with Crippen LogP contribution in [-0.4, -0.2) is 99.8 Å². The van der Waals surface area contributed by atoms with Gasteiger partial charge in [-0.3, -0.25) is 0 Å². The molecule has 0 aliphatic heterocycles. The number of hydrogen-bond donors (Lipinski definition) is 0. The van der Waals surface area contributed by atoms with Crippen molar-refractivity contribution in [2.45, 2.75) is 91.1 Å². The Morgan fingerprint density at radius 2 is 0.460 bits per heavy atom. The zero-order chi connectivity index (χ0) is 40.9. The van der Waals surface area contributed by atoms with E-state index in [1.54, 1.807) is 0 Å². The van der Waals surface area contributed by atoms with Crippen molar-refractivity contribution in [3.63, 3.8) is 0 Å². The fourth-order valence-corrected chi connectivity index (χ4v) is 4.70. The van der Waals surface area contributed by atoms with E-state index in [1.165, 1.54) is 0 Å². The van der Waals surface area contributed by atoms with Crippen molar-refractivity contribution in [2.24, 2.45) is 0 Å². The van der Waals surface area contributed by atoms with E-state index in [4.69, 9.17) is 11.1 Å². The first-order chi connectivity index (χ1) is 21.4. The van der Waals surface area contributed by atoms with Crippen LogP contribution in [0.25, 0.3) is 0 Å². The summed E-state index contributed by atoms with van der Waals surface area (Å²) < 4.78 is 361. The van der Waals surface area contributed by atoms with Gasteiger partial charge in [0.05, 0.1) is 0 Å². The van der Waals surface area contributed by atoms with Crippen molar-refractivity contribution in [3.05, 3.63) is 0 Å². The third-order valence-corrected chi connectivity index (χ3v) is 8.33. The molecule has 0 bridgehead atoms. The van der Waals surface area contributed by atoms with Crippen molar-refractivity contribution >= 4 is 19.2 Å². The first-order valence-electron chi connectivity index (χ1n) is 11.6. The standard InChI is InChI=1S/C18H12ClF27O3Si/c19-50(47-4-1-7(20,21)10(26,27)13(32,33)16(38,39)40,48-5-2-8(22,23)11(28,29)14(34,35)17(41,42)43)49-6-3-9(24,25)12(30,31)15(36,37)18(44,45)46/h1-6H2. The predicted molar refractivity (Wildman–Crippen MR) is 106 cm³/mol. The van der Waals surface area contributed by atoms with Crippen molar-refractivity contribution in [1.29, 1.82) is 0 Å². The van der Waals surface area contributed by atoms with Crippen LogP contribution in [0.15, 0.2) is 0 Å². The molecule has 302 valence electrons. The van der Waals surface area contributed by atoms with Gasteiger partial charge in [-0.15, -0.1) is 0 Å². The SMILES string of the molecule is FC(F)(F)C(F)(F)C(F)(F)C(F)(F)CCO[Si](Cl)(OCCC(F)(F)C(F)(F)C(F)(F)C(F)(F)F)OCCC(F)(F)C(F)(F)C(F)(F)C(F)(F)F. The summed E-state index contributed by atoms with van der Waals surface area (Å²) in [4.78, 5) is 0. The third-order valence-electron chi connectivity index (χ3n) is 5.70. The minimum absolute atomic E-state index is 2.64. The quantitative estimate of drug-likeness (QED) is 0.0781. The fourth-order valence-electron chi connectivity index (χ4n) is 2.72. The summed E-state index contributed by atoms with van der Waals surface area (Å²) in [6, 6.07) is 0. The predicted octanol–water partition coefficient (Wildman–Crippen LogP) is 10.3. The molecule has 0 atom stereocenters. The Morgan fingerprint density at radius 3 is 0.600 bits per heavy atom. The van der Waals surface area contributed by atoms with E-state index in [9.17, 15) is 119 Å². The van der Waals surface area contributed by atoms with Crippen LogP contribution < -0.4 is 0 Å². The second-order valence-electron chi connectivity index (χ2n) is 9.33. The highest BCUT2D eigenvalue weighted by atomic mass is 35.6. The van der Waals surface area contributed by atoms with Crippen molar-refractivity contribution < 1.29 is 132 Å². The van der Waals surface area contributed by atoms with Gasteiger partial charge in [-0.2, -0.15) is 119 Å². The molecule has 0 aromatic carbocycles. The van der Waals surface area contributed by atoms with E-state index in [-0.39, 0.29) is 0 Å². The molecule has 0 N–H and O–H groups in total. The minimum atomic E-state index is -7.59. The smallest absolute Gasteiger partial charge is 0.361 e. The van der Waals surface area contributed by atoms with Gasteiger partial charge in [0.25, 0.3) is 0 Å². The molecule has 0 unspecified atom stereocenters. The molecule has 0 saturated heterocycles. The Bertz CT molecular complexity index is 993. The molecule has 0 aromatic heterocycles. The maximum absolute atomic E-state index is 13.7. The van der Waals surface area contributed by atoms with Crippen LogP contribution in [0.2, 0.25) is 0 Å². The summed E-state index contributed by atoms with van der Waals surface area (Å²) in [6.45, 7) is -7.91. The molecule has 32 heteroatoms. The van der Waals surface area contributed by atoms with Gasteiger partial charge in [0.2, 0.25) is 0 Å². The molecule has 0 aliphatic carbocycles. The van der Waals surface area contributed by atoms with Crippen LogP contribution in [0.3, 0.4) is 0 Å². The van der Waals surface area contributed by atoms with Crippen molar-refractivity contribution in [1.82, 2.24) is 0 Å². The summed E-state index contributed by atoms with van der Waals surface area (Å²) in [5, 5.41) is 0. The summed E-state index contributed by atoms with van der Waals surface area (Å²) in [5.41, 5.74) is 0. The molecule has 0 rings (SSSR count). The Morgan fingerprint density at radius 1 is 0.300 bits per heavy atom. The van der Waals surface area contributed by atoms with Gasteiger partial charge < -0.3 is 13.3 Å². The maximum Gasteiger partial charge on any atom is 0.613 e. The molecule has 0 radical (unpaired) electrons. The largest absolute Gasteiger partial charge is 0.613 e. The van der Waals surface area contributed by atoms with E-state index in [0.29, 0.717) is 0 Å². The summed E-state index contributed by atoms with van der Waals surface area (Å²) in [7, 11) is -6.47. The van der Waals surface area contributed by atoms with E-state index >= 15 is 0 Å². The van der Waals surface area contributed by atoms with Crippen LogP contribution >= 0.6 is 11.1 Å². The van der Waals surface area contributed by atoms with Gasteiger partial charge in [0, 0.05) is 39.1 Å². The number of alkyl halides is 27. The number of hydrogen-bond acceptors (Lipinski definition) is 3. The number of halogens is 28. The molecule has 3 nitrogen and oxygen atoms in total. The Hall–Kier alpha value is -1.50. The van der Waals surface area contributed by atoms with E-state index in [2.05, 4.69) is 13.3 Å². The van der Waals surface area contributed by atoms with Crippen molar-refractivity contribution in [3.8, 4) is 0 Å². The Balaban J connectivity index is 6.34. The molecule has 0 saturated carbocycles. The second kappa shape index (κ2) is 14.0. The minimum Gasteiger partial charge on any atom is -0.361 e. The lowest BCUT2D eigenvalue weighted by Gasteiger charge is -2.35. The van der Waals surface area contributed by atoms with Gasteiger partial charge in [-0.25, -0.2) is 0 Å². The first-order valence-corrected chi connectivity index (χ1v) is 14.3. The molecule has 0 aliphatic rings. The molecule has 50 heavy (non-hydrogen) atoms. The molecular weight excluding hydrogens is 841 g/mol. The van der Waals surface area contributed by atoms with Crippen LogP contribution in [0.1, 0.15) is 19.3 Å². The van der Waals surface area contributed by atoms with Crippen LogP contribution in [0.4, 0.5) is 119 Å². The van der Waals surface area contributed by atoms with Crippen molar-refractivity contribution in [2.75, 3.05) is 19.8 Å². The Kier molecular flexibility index (Phi) is 13.6. The molecule has 0 spiro atoms. The van der Waals surface area contributed by atoms with Crippen LogP contribution in [0, 0.1) is 0 Å². The summed E-state index contributed by atoms with van der Waals surface area (Å²) >= 11 is 5.15. The van der Waals surface area contributed by atoms with Gasteiger partial charge in [-0.05, 0) is 0 Å². The number of rotatable bonds is 18. The lowest BCUT2D eigenvalue weighted by Crippen LogP contribution is -2.61. The molecule has 0 heterocycles. The fraction of sp³-hybridized carbons (Fsp3) is 1.00. The average molecular weight is 853 g/mol. The lowest BCUT2D eigenvalue weighted by molar-refractivity contribution is -0.397. The molecular formula is C18H12ClF27O3Si. The highest BCUT2D eigenvalue weighted by Gasteiger charge is 2.83. The van der Waals surface area contributed by atoms with Crippen LogP contribution in [-0.2, 0) is 13.3 Å². The highest BCUT2D eigenvalue weighted by Crippen LogP contribution is 2.56. The molecule has 0 fully saturated rings. The molecule has 0 aromatic rings. The summed E-state index contributed by atoms with van der Waals surface area (Å²) in [6.07, 6.45) is -31.8. The van der Waals surface area contributed by atoms with Gasteiger partial charge >= 0.3 is 79.9 Å². The maximum atomic E-state index is 13.7. The Labute approximate surface area is 263 Å². The lowest BCUT2D eigenvalue weighted by atomic mass is 10.0. The zero-order valence-corrected chi connectivity index (χ0v) is 24.3. The highest BCUT2D eigenvalue weighted by molar-refractivity contribution is 7.09. The average Bonchev–Trinajstić information content (AvgIpc) is 2.85. The van der Waals surface area contributed by atoms with Gasteiger partial charge in [0.1, 0.15) is 0 Å². The van der Waals surface area contributed by atoms with Crippen LogP contribution in [0.5, 0.6) is 0 Å². The van der Waals surface area contributed by atoms with E-state index in [0.717, 1.165) is 0 Å². The first kappa shape index (κ1) is 48.5. The second-order valence-corrected chi connectivity index (χ2v) is 12.5. The zero-order valence-electron chi connectivity index (χ0n) is 22.6. The van der Waals surface area contributed by atoms with E-state index < -0.39 is 119 Å².